The van der Waals surface area contributed by atoms with Gasteiger partial charge in [-0.25, -0.2) is 0 Å². The maximum Gasteiger partial charge on any atom is 0.191 e. The van der Waals surface area contributed by atoms with E-state index in [1.54, 1.807) is 0 Å². The second-order valence-corrected chi connectivity index (χ2v) is 4.69. The number of benzene rings is 2. The fourth-order valence-electron chi connectivity index (χ4n) is 2.34. The first-order valence-electron chi connectivity index (χ1n) is 6.31. The van der Waals surface area contributed by atoms with Crippen LogP contribution < -0.4 is 0 Å². The minimum Gasteiger partial charge on any atom is -0.392 e. The molecule has 2 aromatic rings. The molecule has 0 bridgehead atoms. The number of hydrogen-bond acceptors (Lipinski definition) is 3. The van der Waals surface area contributed by atoms with Gasteiger partial charge in [0.25, 0.3) is 0 Å². The number of nitrogens with zero attached hydrogens (tertiary/aromatic N) is 1. The predicted octanol–water partition coefficient (Wildman–Crippen LogP) is 2.70. The number of aliphatic hydroxyl groups excluding tert-OH is 1. The highest BCUT2D eigenvalue weighted by Crippen LogP contribution is 2.35. The average Bonchev–Trinajstić information content (AvgIpc) is 2.95. The van der Waals surface area contributed by atoms with Crippen molar-refractivity contribution in [2.75, 3.05) is 6.61 Å². The fraction of sp³-hybridized carbons (Fsp3) is 0.188. The molecule has 1 aliphatic rings. The normalized spacial score (nSPS) is 21.8. The second-order valence-electron chi connectivity index (χ2n) is 4.69. The Morgan fingerprint density at radius 1 is 1.00 bits per heavy atom. The Hall–Kier alpha value is -2.13. The summed E-state index contributed by atoms with van der Waals surface area (Å²) in [6, 6.07) is 19.7. The van der Waals surface area contributed by atoms with E-state index in [4.69, 9.17) is 4.84 Å². The van der Waals surface area contributed by atoms with Crippen molar-refractivity contribution in [3.8, 4) is 0 Å². The lowest BCUT2D eigenvalue weighted by Gasteiger charge is -2.24. The maximum atomic E-state index is 9.74. The molecular weight excluding hydrogens is 238 g/mol. The molecule has 1 aliphatic heterocycles. The van der Waals surface area contributed by atoms with Crippen molar-refractivity contribution in [3.63, 3.8) is 0 Å². The van der Waals surface area contributed by atoms with Crippen LogP contribution in [0.2, 0.25) is 0 Å². The lowest BCUT2D eigenvalue weighted by molar-refractivity contribution is -0.0620. The van der Waals surface area contributed by atoms with Crippen LogP contribution in [0.25, 0.3) is 0 Å². The SMILES string of the molecule is OCC1(c2ccccc2)CC(c2ccccc2)=NO1. The Bertz CT molecular complexity index is 580. The summed E-state index contributed by atoms with van der Waals surface area (Å²) in [5.41, 5.74) is 2.12. The van der Waals surface area contributed by atoms with E-state index in [0.717, 1.165) is 16.8 Å². The van der Waals surface area contributed by atoms with Crippen molar-refractivity contribution in [3.05, 3.63) is 71.8 Å². The van der Waals surface area contributed by atoms with E-state index in [0.29, 0.717) is 6.42 Å². The van der Waals surface area contributed by atoms with Gasteiger partial charge in [-0.2, -0.15) is 0 Å². The van der Waals surface area contributed by atoms with E-state index in [2.05, 4.69) is 5.16 Å². The highest BCUT2D eigenvalue weighted by atomic mass is 16.7. The molecule has 0 saturated heterocycles. The summed E-state index contributed by atoms with van der Waals surface area (Å²) in [5, 5.41) is 13.9. The van der Waals surface area contributed by atoms with Gasteiger partial charge in [0.1, 0.15) is 0 Å². The Labute approximate surface area is 112 Å². The van der Waals surface area contributed by atoms with E-state index >= 15 is 0 Å². The van der Waals surface area contributed by atoms with Gasteiger partial charge >= 0.3 is 0 Å². The zero-order valence-corrected chi connectivity index (χ0v) is 10.5. The summed E-state index contributed by atoms with van der Waals surface area (Å²) in [6.45, 7) is -0.0865. The predicted molar refractivity (Wildman–Crippen MR) is 73.9 cm³/mol. The van der Waals surface area contributed by atoms with Gasteiger partial charge in [-0.3, -0.25) is 0 Å². The minimum absolute atomic E-state index is 0.0865. The molecule has 0 radical (unpaired) electrons. The minimum atomic E-state index is -0.744. The summed E-state index contributed by atoms with van der Waals surface area (Å²) >= 11 is 0. The topological polar surface area (TPSA) is 41.8 Å². The van der Waals surface area contributed by atoms with Crippen molar-refractivity contribution < 1.29 is 9.94 Å². The molecule has 3 heteroatoms. The van der Waals surface area contributed by atoms with E-state index < -0.39 is 5.60 Å². The van der Waals surface area contributed by atoms with Crippen molar-refractivity contribution >= 4 is 5.71 Å². The van der Waals surface area contributed by atoms with Gasteiger partial charge in [-0.05, 0) is 5.56 Å². The van der Waals surface area contributed by atoms with Gasteiger partial charge in [0.2, 0.25) is 0 Å². The quantitative estimate of drug-likeness (QED) is 0.913. The third-order valence-electron chi connectivity index (χ3n) is 3.45. The summed E-state index contributed by atoms with van der Waals surface area (Å²) in [4.78, 5) is 5.58. The molecule has 3 rings (SSSR count). The third kappa shape index (κ3) is 2.13. The largest absolute Gasteiger partial charge is 0.392 e. The molecule has 0 amide bonds. The number of rotatable bonds is 3. The second kappa shape index (κ2) is 4.86. The molecule has 2 aromatic carbocycles. The highest BCUT2D eigenvalue weighted by Gasteiger charge is 2.40. The zero-order valence-electron chi connectivity index (χ0n) is 10.5. The van der Waals surface area contributed by atoms with Gasteiger partial charge in [0, 0.05) is 12.0 Å². The number of aliphatic hydroxyl groups is 1. The number of oxime groups is 1. The fourth-order valence-corrected chi connectivity index (χ4v) is 2.34. The Balaban J connectivity index is 1.90. The van der Waals surface area contributed by atoms with Crippen LogP contribution in [0.1, 0.15) is 17.5 Å². The van der Waals surface area contributed by atoms with Crippen LogP contribution in [-0.4, -0.2) is 17.4 Å². The lowest BCUT2D eigenvalue weighted by Crippen LogP contribution is -2.30. The Morgan fingerprint density at radius 2 is 1.63 bits per heavy atom. The molecule has 0 aliphatic carbocycles. The van der Waals surface area contributed by atoms with E-state index in [-0.39, 0.29) is 6.61 Å². The standard InChI is InChI=1S/C16H15NO2/c18-12-16(14-9-5-2-6-10-14)11-15(17-19-16)13-7-3-1-4-8-13/h1-10,18H,11-12H2. The van der Waals surface area contributed by atoms with Gasteiger partial charge in [-0.15, -0.1) is 0 Å². The summed E-state index contributed by atoms with van der Waals surface area (Å²) < 4.78 is 0. The number of hydrogen-bond donors (Lipinski definition) is 1. The van der Waals surface area contributed by atoms with Crippen LogP contribution in [0.3, 0.4) is 0 Å². The molecule has 0 aromatic heterocycles. The molecule has 1 N–H and O–H groups in total. The first kappa shape index (κ1) is 11.9. The highest BCUT2D eigenvalue weighted by molar-refractivity contribution is 6.01. The molecule has 1 unspecified atom stereocenters. The van der Waals surface area contributed by atoms with Crippen LogP contribution in [0.5, 0.6) is 0 Å². The third-order valence-corrected chi connectivity index (χ3v) is 3.45. The molecular formula is C16H15NO2. The first-order valence-corrected chi connectivity index (χ1v) is 6.31. The van der Waals surface area contributed by atoms with Crippen molar-refractivity contribution in [1.29, 1.82) is 0 Å². The Morgan fingerprint density at radius 3 is 2.26 bits per heavy atom. The Kier molecular flexibility index (Phi) is 3.05. The van der Waals surface area contributed by atoms with Crippen molar-refractivity contribution in [1.82, 2.24) is 0 Å². The van der Waals surface area contributed by atoms with Gasteiger partial charge in [-0.1, -0.05) is 65.8 Å². The van der Waals surface area contributed by atoms with Crippen LogP contribution >= 0.6 is 0 Å². The van der Waals surface area contributed by atoms with Gasteiger partial charge in [0.05, 0.1) is 12.3 Å². The monoisotopic (exact) mass is 253 g/mol. The molecule has 1 heterocycles. The molecule has 0 fully saturated rings. The summed E-state index contributed by atoms with van der Waals surface area (Å²) in [6.07, 6.45) is 0.581. The van der Waals surface area contributed by atoms with Gasteiger partial charge < -0.3 is 9.94 Å². The van der Waals surface area contributed by atoms with Crippen molar-refractivity contribution in [2.45, 2.75) is 12.0 Å². The van der Waals surface area contributed by atoms with E-state index in [9.17, 15) is 5.11 Å². The smallest absolute Gasteiger partial charge is 0.191 e. The van der Waals surface area contributed by atoms with Gasteiger partial charge in [0.15, 0.2) is 5.60 Å². The van der Waals surface area contributed by atoms with Crippen molar-refractivity contribution in [2.24, 2.45) is 5.16 Å². The molecule has 96 valence electrons. The van der Waals surface area contributed by atoms with Crippen LogP contribution in [0, 0.1) is 0 Å². The molecule has 1 atom stereocenters. The van der Waals surface area contributed by atoms with Crippen LogP contribution in [0.4, 0.5) is 0 Å². The first-order chi connectivity index (χ1) is 9.34. The summed E-state index contributed by atoms with van der Waals surface area (Å²) in [5.74, 6) is 0. The van der Waals surface area contributed by atoms with E-state index in [1.807, 2.05) is 60.7 Å². The van der Waals surface area contributed by atoms with Crippen LogP contribution in [0.15, 0.2) is 65.8 Å². The maximum absolute atomic E-state index is 9.74. The van der Waals surface area contributed by atoms with E-state index in [1.165, 1.54) is 0 Å². The molecule has 3 nitrogen and oxygen atoms in total. The molecule has 0 saturated carbocycles. The molecule has 19 heavy (non-hydrogen) atoms. The lowest BCUT2D eigenvalue weighted by atomic mass is 9.88. The van der Waals surface area contributed by atoms with Crippen LogP contribution in [-0.2, 0) is 10.4 Å². The molecule has 0 spiro atoms. The zero-order chi connectivity index (χ0) is 13.1. The summed E-state index contributed by atoms with van der Waals surface area (Å²) in [7, 11) is 0. The average molecular weight is 253 g/mol.